The number of hydrogen-bond donors (Lipinski definition) is 2. The number of carbonyl (C=O) groups is 1. The molecule has 3 N–H and O–H groups in total. The van der Waals surface area contributed by atoms with Crippen molar-refractivity contribution in [3.8, 4) is 17.4 Å². The number of hydrogen-bond acceptors (Lipinski definition) is 9. The molecule has 6 heterocycles. The van der Waals surface area contributed by atoms with Crippen LogP contribution in [0.1, 0.15) is 39.7 Å². The smallest absolute Gasteiger partial charge is 0.286 e. The SMILES string of the molecule is NC(=O)c1nc(-c2cc3nc(CN4CCc5cc(Cl)c(OCc6ccc(Cl)cc6F)nc5C4)n(C[C@@H]4CCO4)c3cn2)n[nH]1. The Hall–Kier alpha value is -4.17. The summed E-state index contributed by atoms with van der Waals surface area (Å²) >= 11 is 12.4. The quantitative estimate of drug-likeness (QED) is 0.244. The van der Waals surface area contributed by atoms with Crippen LogP contribution >= 0.6 is 23.2 Å². The Balaban J connectivity index is 1.13. The lowest BCUT2D eigenvalue weighted by Gasteiger charge is -2.30. The predicted molar refractivity (Wildman–Crippen MR) is 159 cm³/mol. The van der Waals surface area contributed by atoms with Crippen molar-refractivity contribution in [2.45, 2.75) is 45.2 Å². The average molecular weight is 638 g/mol. The number of pyridine rings is 2. The number of ether oxygens (including phenoxy) is 2. The third kappa shape index (κ3) is 5.71. The van der Waals surface area contributed by atoms with Crippen molar-refractivity contribution >= 4 is 40.1 Å². The molecule has 1 atom stereocenters. The van der Waals surface area contributed by atoms with E-state index < -0.39 is 11.7 Å². The van der Waals surface area contributed by atoms with E-state index in [-0.39, 0.29) is 30.2 Å². The molecule has 0 spiro atoms. The molecule has 0 bridgehead atoms. The molecule has 1 aromatic carbocycles. The van der Waals surface area contributed by atoms with Crippen LogP contribution in [0.2, 0.25) is 10.0 Å². The third-order valence-corrected chi connectivity index (χ3v) is 8.27. The number of halogens is 3. The van der Waals surface area contributed by atoms with Crippen molar-refractivity contribution in [1.82, 2.24) is 39.6 Å². The Morgan fingerprint density at radius 3 is 2.82 bits per heavy atom. The van der Waals surface area contributed by atoms with E-state index >= 15 is 0 Å². The zero-order chi connectivity index (χ0) is 30.4. The first-order valence-corrected chi connectivity index (χ1v) is 14.7. The zero-order valence-corrected chi connectivity index (χ0v) is 24.8. The van der Waals surface area contributed by atoms with Crippen molar-refractivity contribution in [3.63, 3.8) is 0 Å². The van der Waals surface area contributed by atoms with E-state index in [4.69, 9.17) is 48.4 Å². The fraction of sp³-hybridized carbons (Fsp3) is 0.310. The van der Waals surface area contributed by atoms with Gasteiger partial charge < -0.3 is 19.8 Å². The Morgan fingerprint density at radius 1 is 1.20 bits per heavy atom. The van der Waals surface area contributed by atoms with Gasteiger partial charge in [0.2, 0.25) is 11.7 Å². The van der Waals surface area contributed by atoms with Gasteiger partial charge in [-0.2, -0.15) is 5.10 Å². The van der Waals surface area contributed by atoms with Gasteiger partial charge in [0.1, 0.15) is 29.0 Å². The number of imidazole rings is 1. The minimum Gasteiger partial charge on any atom is -0.472 e. The molecule has 5 aromatic rings. The van der Waals surface area contributed by atoms with Crippen molar-refractivity contribution in [2.24, 2.45) is 5.73 Å². The van der Waals surface area contributed by atoms with E-state index in [0.717, 1.165) is 54.1 Å². The van der Waals surface area contributed by atoms with Gasteiger partial charge in [-0.1, -0.05) is 29.3 Å². The summed E-state index contributed by atoms with van der Waals surface area (Å²) in [6, 6.07) is 8.10. The normalized spacial score (nSPS) is 16.6. The molecule has 1 amide bonds. The highest BCUT2D eigenvalue weighted by molar-refractivity contribution is 6.32. The molecule has 1 fully saturated rings. The van der Waals surface area contributed by atoms with Gasteiger partial charge in [0.25, 0.3) is 5.91 Å². The van der Waals surface area contributed by atoms with Crippen LogP contribution in [0.3, 0.4) is 0 Å². The third-order valence-electron chi connectivity index (χ3n) is 7.77. The van der Waals surface area contributed by atoms with Gasteiger partial charge in [0, 0.05) is 30.3 Å². The molecule has 44 heavy (non-hydrogen) atoms. The number of nitrogens with zero attached hydrogens (tertiary/aromatic N) is 7. The van der Waals surface area contributed by atoms with Gasteiger partial charge in [-0.15, -0.1) is 0 Å². The lowest BCUT2D eigenvalue weighted by atomic mass is 10.1. The fourth-order valence-electron chi connectivity index (χ4n) is 5.33. The maximum Gasteiger partial charge on any atom is 0.286 e. The number of rotatable bonds is 9. The van der Waals surface area contributed by atoms with Gasteiger partial charge in [0.05, 0.1) is 42.1 Å². The molecule has 0 saturated carbocycles. The summed E-state index contributed by atoms with van der Waals surface area (Å²) in [5.41, 5.74) is 9.60. The number of carbonyl (C=O) groups excluding carboxylic acids is 1. The molecule has 7 rings (SSSR count). The van der Waals surface area contributed by atoms with E-state index in [1.807, 2.05) is 6.07 Å². The number of benzene rings is 1. The van der Waals surface area contributed by atoms with Crippen LogP contribution in [0.25, 0.3) is 22.6 Å². The Labute approximate surface area is 260 Å². The second-order valence-electron chi connectivity index (χ2n) is 10.7. The molecule has 226 valence electrons. The predicted octanol–water partition coefficient (Wildman–Crippen LogP) is 4.08. The molecule has 15 heteroatoms. The number of fused-ring (bicyclic) bond motifs is 2. The number of aromatic nitrogens is 7. The summed E-state index contributed by atoms with van der Waals surface area (Å²) in [6.07, 6.45) is 3.57. The van der Waals surface area contributed by atoms with Crippen LogP contribution in [0.4, 0.5) is 4.39 Å². The van der Waals surface area contributed by atoms with Gasteiger partial charge in [0.15, 0.2) is 5.82 Å². The molecule has 4 aromatic heterocycles. The molecule has 2 aliphatic heterocycles. The van der Waals surface area contributed by atoms with Crippen LogP contribution in [-0.4, -0.2) is 64.8 Å². The van der Waals surface area contributed by atoms with E-state index in [1.54, 1.807) is 24.4 Å². The first-order chi connectivity index (χ1) is 21.3. The number of nitrogens with one attached hydrogen (secondary N) is 1. The fourth-order valence-corrected chi connectivity index (χ4v) is 5.72. The second kappa shape index (κ2) is 11.7. The van der Waals surface area contributed by atoms with Crippen LogP contribution in [0.5, 0.6) is 5.88 Å². The van der Waals surface area contributed by atoms with Crippen molar-refractivity contribution < 1.29 is 18.7 Å². The first kappa shape index (κ1) is 28.6. The number of primary amides is 1. The van der Waals surface area contributed by atoms with E-state index in [1.165, 1.54) is 6.07 Å². The number of aromatic amines is 1. The summed E-state index contributed by atoms with van der Waals surface area (Å²) < 4.78 is 28.0. The molecule has 0 radical (unpaired) electrons. The number of H-pyrrole nitrogens is 1. The van der Waals surface area contributed by atoms with Gasteiger partial charge in [-0.3, -0.25) is 19.8 Å². The highest BCUT2D eigenvalue weighted by Gasteiger charge is 2.26. The van der Waals surface area contributed by atoms with Gasteiger partial charge in [-0.05, 0) is 42.7 Å². The van der Waals surface area contributed by atoms with Crippen molar-refractivity contribution in [2.75, 3.05) is 13.2 Å². The molecule has 0 aliphatic carbocycles. The Kier molecular flexibility index (Phi) is 7.62. The molecular formula is C29H26Cl2FN9O3. The minimum atomic E-state index is -0.703. The largest absolute Gasteiger partial charge is 0.472 e. The van der Waals surface area contributed by atoms with Gasteiger partial charge >= 0.3 is 0 Å². The van der Waals surface area contributed by atoms with Gasteiger partial charge in [-0.25, -0.2) is 19.3 Å². The number of amides is 1. The zero-order valence-electron chi connectivity index (χ0n) is 23.3. The lowest BCUT2D eigenvalue weighted by molar-refractivity contribution is -0.0592. The summed E-state index contributed by atoms with van der Waals surface area (Å²) in [4.78, 5) is 32.1. The standard InChI is InChI=1S/C29H26Cl2FN9O3/c30-17-2-1-16(20(32)8-17)14-44-29-19(31)7-15-3-5-40(12-23(15)36-29)13-25-35-21-9-22(27-37-28(26(33)42)39-38-27)34-10-24(21)41(25)11-18-4-6-43-18/h1-2,7-10,18H,3-6,11-14H2,(H2,33,42)(H,37,38,39)/t18-/m0/s1. The number of nitrogens with two attached hydrogens (primary N) is 1. The topological polar surface area (TPSA) is 150 Å². The maximum atomic E-state index is 14.3. The molecule has 2 aliphatic rings. The van der Waals surface area contributed by atoms with Crippen LogP contribution in [0.15, 0.2) is 36.5 Å². The van der Waals surface area contributed by atoms with E-state index in [0.29, 0.717) is 40.9 Å². The summed E-state index contributed by atoms with van der Waals surface area (Å²) in [6.45, 7) is 3.25. The average Bonchev–Trinajstić information content (AvgIpc) is 3.60. The molecule has 1 saturated heterocycles. The summed E-state index contributed by atoms with van der Waals surface area (Å²) in [5.74, 6) is 0.169. The highest BCUT2D eigenvalue weighted by atomic mass is 35.5. The van der Waals surface area contributed by atoms with Crippen LogP contribution < -0.4 is 10.5 Å². The summed E-state index contributed by atoms with van der Waals surface area (Å²) in [7, 11) is 0. The van der Waals surface area contributed by atoms with Crippen LogP contribution in [0, 0.1) is 5.82 Å². The Morgan fingerprint density at radius 2 is 2.07 bits per heavy atom. The monoisotopic (exact) mass is 637 g/mol. The summed E-state index contributed by atoms with van der Waals surface area (Å²) in [5, 5.41) is 7.29. The van der Waals surface area contributed by atoms with Crippen molar-refractivity contribution in [1.29, 1.82) is 0 Å². The Bertz CT molecular complexity index is 1890. The van der Waals surface area contributed by atoms with E-state index in [2.05, 4.69) is 29.6 Å². The molecular weight excluding hydrogens is 612 g/mol. The van der Waals surface area contributed by atoms with E-state index in [9.17, 15) is 9.18 Å². The maximum absolute atomic E-state index is 14.3. The highest BCUT2D eigenvalue weighted by Crippen LogP contribution is 2.31. The van der Waals surface area contributed by atoms with Crippen LogP contribution in [-0.2, 0) is 37.4 Å². The van der Waals surface area contributed by atoms with Crippen molar-refractivity contribution in [3.05, 3.63) is 80.9 Å². The molecule has 0 unspecified atom stereocenters. The lowest BCUT2D eigenvalue weighted by Crippen LogP contribution is -2.34. The molecule has 12 nitrogen and oxygen atoms in total. The second-order valence-corrected chi connectivity index (χ2v) is 11.6. The minimum absolute atomic E-state index is 0.0286. The first-order valence-electron chi connectivity index (χ1n) is 14.0.